The number of aryl methyl sites for hydroxylation is 1. The minimum absolute atomic E-state index is 0.102. The molecule has 29 heavy (non-hydrogen) atoms. The predicted molar refractivity (Wildman–Crippen MR) is 110 cm³/mol. The summed E-state index contributed by atoms with van der Waals surface area (Å²) in [6.45, 7) is -0.102. The number of rotatable bonds is 6. The average molecular weight is 387 g/mol. The van der Waals surface area contributed by atoms with Gasteiger partial charge >= 0.3 is 0 Å². The third-order valence-electron chi connectivity index (χ3n) is 4.85. The first-order chi connectivity index (χ1) is 14.1. The van der Waals surface area contributed by atoms with E-state index in [-0.39, 0.29) is 24.1 Å². The number of aromatic nitrogens is 4. The molecule has 4 rings (SSSR count). The first kappa shape index (κ1) is 18.6. The van der Waals surface area contributed by atoms with Gasteiger partial charge in [0.05, 0.1) is 12.2 Å². The smallest absolute Gasteiger partial charge is 0.264 e. The van der Waals surface area contributed by atoms with Crippen LogP contribution < -0.4 is 10.9 Å². The van der Waals surface area contributed by atoms with Crippen LogP contribution in [-0.4, -0.2) is 25.2 Å². The summed E-state index contributed by atoms with van der Waals surface area (Å²) in [5, 5.41) is 7.51. The Morgan fingerprint density at radius 2 is 1.76 bits per heavy atom. The largest absolute Gasteiger partial charge is 0.347 e. The van der Waals surface area contributed by atoms with Gasteiger partial charge in [-0.15, -0.1) is 0 Å². The Morgan fingerprint density at radius 3 is 2.48 bits per heavy atom. The van der Waals surface area contributed by atoms with Gasteiger partial charge in [0.25, 0.3) is 5.56 Å². The maximum Gasteiger partial charge on any atom is 0.264 e. The zero-order valence-corrected chi connectivity index (χ0v) is 16.0. The van der Waals surface area contributed by atoms with Gasteiger partial charge in [0.15, 0.2) is 5.65 Å². The molecular formula is C22H21N5O2. The van der Waals surface area contributed by atoms with Crippen molar-refractivity contribution in [1.82, 2.24) is 24.6 Å². The molecule has 1 unspecified atom stereocenters. The topological polar surface area (TPSA) is 81.8 Å². The second-order valence-electron chi connectivity index (χ2n) is 6.90. The fraction of sp³-hybridized carbons (Fsp3) is 0.182. The van der Waals surface area contributed by atoms with Gasteiger partial charge in [-0.1, -0.05) is 60.7 Å². The quantitative estimate of drug-likeness (QED) is 0.550. The standard InChI is InChI=1S/C22H21N5O2/c1-26-21-18(13-24-26)22(29)27(15-23-21)14-20(28)25-19(17-10-6-3-7-11-17)12-16-8-4-2-5-9-16/h2-11,13,15,19H,12,14H2,1H3,(H,25,28). The Balaban J connectivity index is 1.55. The van der Waals surface area contributed by atoms with Gasteiger partial charge in [-0.3, -0.25) is 18.8 Å². The van der Waals surface area contributed by atoms with Gasteiger partial charge in [-0.2, -0.15) is 5.10 Å². The lowest BCUT2D eigenvalue weighted by Gasteiger charge is -2.20. The van der Waals surface area contributed by atoms with Crippen molar-refractivity contribution < 1.29 is 4.79 Å². The van der Waals surface area contributed by atoms with Crippen molar-refractivity contribution in [2.24, 2.45) is 7.05 Å². The van der Waals surface area contributed by atoms with Crippen molar-refractivity contribution in [1.29, 1.82) is 0 Å². The summed E-state index contributed by atoms with van der Waals surface area (Å²) in [4.78, 5) is 29.6. The van der Waals surface area contributed by atoms with E-state index in [0.29, 0.717) is 17.5 Å². The summed E-state index contributed by atoms with van der Waals surface area (Å²) in [7, 11) is 1.72. The second kappa shape index (κ2) is 8.10. The summed E-state index contributed by atoms with van der Waals surface area (Å²) in [6, 6.07) is 19.6. The number of nitrogens with one attached hydrogen (secondary N) is 1. The van der Waals surface area contributed by atoms with Crippen LogP contribution in [0.4, 0.5) is 0 Å². The Kier molecular flexibility index (Phi) is 5.20. The van der Waals surface area contributed by atoms with Crippen molar-refractivity contribution in [2.45, 2.75) is 19.0 Å². The zero-order chi connectivity index (χ0) is 20.2. The van der Waals surface area contributed by atoms with Crippen molar-refractivity contribution in [2.75, 3.05) is 0 Å². The van der Waals surface area contributed by atoms with E-state index in [1.807, 2.05) is 60.7 Å². The number of fused-ring (bicyclic) bond motifs is 1. The van der Waals surface area contributed by atoms with E-state index in [0.717, 1.165) is 11.1 Å². The van der Waals surface area contributed by atoms with Crippen LogP contribution in [0.3, 0.4) is 0 Å². The molecule has 2 heterocycles. The van der Waals surface area contributed by atoms with E-state index in [1.54, 1.807) is 7.05 Å². The molecular weight excluding hydrogens is 366 g/mol. The van der Waals surface area contributed by atoms with Gasteiger partial charge in [0.1, 0.15) is 18.3 Å². The lowest BCUT2D eigenvalue weighted by atomic mass is 9.99. The lowest BCUT2D eigenvalue weighted by Crippen LogP contribution is -2.35. The Bertz CT molecular complexity index is 1180. The van der Waals surface area contributed by atoms with Crippen molar-refractivity contribution >= 4 is 16.9 Å². The molecule has 7 nitrogen and oxygen atoms in total. The highest BCUT2D eigenvalue weighted by atomic mass is 16.2. The van der Waals surface area contributed by atoms with Crippen molar-refractivity contribution in [3.8, 4) is 0 Å². The first-order valence-electron chi connectivity index (χ1n) is 9.37. The highest BCUT2D eigenvalue weighted by Crippen LogP contribution is 2.18. The van der Waals surface area contributed by atoms with Crippen molar-refractivity contribution in [3.05, 3.63) is 94.7 Å². The molecule has 0 fully saturated rings. The number of nitrogens with zero attached hydrogens (tertiary/aromatic N) is 4. The molecule has 0 bridgehead atoms. The molecule has 1 amide bonds. The van der Waals surface area contributed by atoms with Crippen LogP contribution in [0.5, 0.6) is 0 Å². The molecule has 2 aromatic heterocycles. The number of hydrogen-bond acceptors (Lipinski definition) is 4. The minimum atomic E-state index is -0.280. The van der Waals surface area contributed by atoms with Crippen LogP contribution in [0.15, 0.2) is 78.0 Å². The number of amides is 1. The van der Waals surface area contributed by atoms with Crippen LogP contribution in [0.2, 0.25) is 0 Å². The highest BCUT2D eigenvalue weighted by Gasteiger charge is 2.17. The van der Waals surface area contributed by atoms with Gasteiger partial charge in [-0.05, 0) is 17.5 Å². The zero-order valence-electron chi connectivity index (χ0n) is 16.0. The van der Waals surface area contributed by atoms with E-state index in [2.05, 4.69) is 15.4 Å². The average Bonchev–Trinajstić information content (AvgIpc) is 3.12. The number of benzene rings is 2. The molecule has 0 radical (unpaired) electrons. The molecule has 1 atom stereocenters. The van der Waals surface area contributed by atoms with Crippen LogP contribution in [0.25, 0.3) is 11.0 Å². The summed E-state index contributed by atoms with van der Waals surface area (Å²) < 4.78 is 2.84. The molecule has 2 aromatic carbocycles. The highest BCUT2D eigenvalue weighted by molar-refractivity contribution is 5.77. The molecule has 0 aliphatic heterocycles. The van der Waals surface area contributed by atoms with Gasteiger partial charge < -0.3 is 5.32 Å². The maximum atomic E-state index is 12.8. The van der Waals surface area contributed by atoms with Crippen molar-refractivity contribution in [3.63, 3.8) is 0 Å². The Morgan fingerprint density at radius 1 is 1.07 bits per heavy atom. The van der Waals surface area contributed by atoms with Crippen LogP contribution in [-0.2, 0) is 24.8 Å². The molecule has 0 aliphatic carbocycles. The molecule has 7 heteroatoms. The fourth-order valence-electron chi connectivity index (χ4n) is 3.36. The normalized spacial score (nSPS) is 12.0. The van der Waals surface area contributed by atoms with Crippen LogP contribution in [0.1, 0.15) is 17.2 Å². The third kappa shape index (κ3) is 4.08. The number of carbonyl (C=O) groups is 1. The summed E-state index contributed by atoms with van der Waals surface area (Å²) in [6.07, 6.45) is 3.52. The van der Waals surface area contributed by atoms with E-state index in [4.69, 9.17) is 0 Å². The first-order valence-corrected chi connectivity index (χ1v) is 9.37. The SMILES string of the molecule is Cn1ncc2c(=O)n(CC(=O)NC(Cc3ccccc3)c3ccccc3)cnc21. The van der Waals surface area contributed by atoms with Gasteiger partial charge in [0, 0.05) is 7.05 Å². The third-order valence-corrected chi connectivity index (χ3v) is 4.85. The van der Waals surface area contributed by atoms with Crippen LogP contribution >= 0.6 is 0 Å². The van der Waals surface area contributed by atoms with Crippen LogP contribution in [0, 0.1) is 0 Å². The maximum absolute atomic E-state index is 12.8. The molecule has 1 N–H and O–H groups in total. The predicted octanol–water partition coefficient (Wildman–Crippen LogP) is 2.23. The van der Waals surface area contributed by atoms with Gasteiger partial charge in [-0.25, -0.2) is 4.98 Å². The summed E-state index contributed by atoms with van der Waals surface area (Å²) in [5.41, 5.74) is 2.35. The Labute approximate surface area is 167 Å². The van der Waals surface area contributed by atoms with E-state index in [1.165, 1.54) is 21.8 Å². The number of hydrogen-bond donors (Lipinski definition) is 1. The summed E-state index contributed by atoms with van der Waals surface area (Å²) in [5.74, 6) is -0.248. The van der Waals surface area contributed by atoms with E-state index < -0.39 is 0 Å². The van der Waals surface area contributed by atoms with E-state index in [9.17, 15) is 9.59 Å². The van der Waals surface area contributed by atoms with E-state index >= 15 is 0 Å². The molecule has 0 saturated heterocycles. The molecule has 0 spiro atoms. The fourth-order valence-corrected chi connectivity index (χ4v) is 3.36. The minimum Gasteiger partial charge on any atom is -0.347 e. The number of carbonyl (C=O) groups excluding carboxylic acids is 1. The summed E-state index contributed by atoms with van der Waals surface area (Å²) >= 11 is 0. The molecule has 0 aliphatic rings. The second-order valence-corrected chi connectivity index (χ2v) is 6.90. The molecule has 146 valence electrons. The van der Waals surface area contributed by atoms with Gasteiger partial charge in [0.2, 0.25) is 5.91 Å². The Hall–Kier alpha value is -3.74. The monoisotopic (exact) mass is 387 g/mol. The molecule has 4 aromatic rings. The molecule has 0 saturated carbocycles. The lowest BCUT2D eigenvalue weighted by molar-refractivity contribution is -0.122.